The highest BCUT2D eigenvalue weighted by molar-refractivity contribution is 5.81. The van der Waals surface area contributed by atoms with E-state index in [1.807, 2.05) is 35.2 Å². The van der Waals surface area contributed by atoms with Crippen LogP contribution in [0.4, 0.5) is 0 Å². The van der Waals surface area contributed by atoms with Crippen LogP contribution in [0.3, 0.4) is 0 Å². The van der Waals surface area contributed by atoms with Crippen molar-refractivity contribution in [1.29, 1.82) is 0 Å². The van der Waals surface area contributed by atoms with E-state index in [0.29, 0.717) is 12.5 Å². The molecule has 0 radical (unpaired) electrons. The van der Waals surface area contributed by atoms with Crippen LogP contribution in [0.2, 0.25) is 0 Å². The summed E-state index contributed by atoms with van der Waals surface area (Å²) in [5, 5.41) is 0. The van der Waals surface area contributed by atoms with Crippen molar-refractivity contribution in [1.82, 2.24) is 14.5 Å². The first-order valence-corrected chi connectivity index (χ1v) is 11.5. The molecule has 0 aliphatic carbocycles. The van der Waals surface area contributed by atoms with Crippen LogP contribution in [0, 0.1) is 5.92 Å². The summed E-state index contributed by atoms with van der Waals surface area (Å²) in [5.41, 5.74) is 4.29. The second kappa shape index (κ2) is 8.99. The fourth-order valence-corrected chi connectivity index (χ4v) is 4.76. The van der Waals surface area contributed by atoms with Gasteiger partial charge in [0.25, 0.3) is 0 Å². The molecule has 5 rings (SSSR count). The molecule has 0 unspecified atom stereocenters. The Morgan fingerprint density at radius 2 is 1.44 bits per heavy atom. The van der Waals surface area contributed by atoms with Crippen molar-refractivity contribution in [2.75, 3.05) is 13.1 Å². The van der Waals surface area contributed by atoms with E-state index in [-0.39, 0.29) is 11.8 Å². The summed E-state index contributed by atoms with van der Waals surface area (Å²) in [7, 11) is 0. The van der Waals surface area contributed by atoms with Crippen LogP contribution < -0.4 is 0 Å². The average Bonchev–Trinajstić information content (AvgIpc) is 3.19. The molecule has 4 nitrogen and oxygen atoms in total. The first-order valence-electron chi connectivity index (χ1n) is 11.5. The maximum atomic E-state index is 13.3. The third-order valence-electron chi connectivity index (χ3n) is 6.64. The summed E-state index contributed by atoms with van der Waals surface area (Å²) in [6, 6.07) is 29.1. The summed E-state index contributed by atoms with van der Waals surface area (Å²) < 4.78 is 2.14. The minimum absolute atomic E-state index is 0.0426. The number of amides is 1. The normalized spacial score (nSPS) is 14.9. The van der Waals surface area contributed by atoms with E-state index in [4.69, 9.17) is 4.98 Å². The molecule has 1 fully saturated rings. The number of likely N-dealkylation sites (tertiary alicyclic amines) is 1. The lowest BCUT2D eigenvalue weighted by atomic mass is 9.90. The molecule has 1 aliphatic rings. The Bertz CT molecular complexity index is 1150. The Balaban J connectivity index is 1.60. The number of aromatic nitrogens is 2. The molecular formula is C28H29N3O. The van der Waals surface area contributed by atoms with Crippen molar-refractivity contribution in [2.45, 2.75) is 32.2 Å². The van der Waals surface area contributed by atoms with Gasteiger partial charge in [-0.1, -0.05) is 79.7 Å². The number of fused-ring (bicyclic) bond motifs is 1. The number of rotatable bonds is 5. The molecule has 0 atom stereocenters. The Hall–Kier alpha value is -3.40. The molecule has 4 aromatic rings. The van der Waals surface area contributed by atoms with Crippen LogP contribution in [0.5, 0.6) is 0 Å². The van der Waals surface area contributed by atoms with E-state index in [9.17, 15) is 4.79 Å². The molecular weight excluding hydrogens is 394 g/mol. The number of nitrogens with zero attached hydrogens (tertiary/aromatic N) is 3. The summed E-state index contributed by atoms with van der Waals surface area (Å²) in [6.45, 7) is 4.29. The molecule has 1 amide bonds. The van der Waals surface area contributed by atoms with Crippen LogP contribution in [0.15, 0.2) is 84.9 Å². The monoisotopic (exact) mass is 423 g/mol. The van der Waals surface area contributed by atoms with Gasteiger partial charge in [-0.3, -0.25) is 4.79 Å². The van der Waals surface area contributed by atoms with Gasteiger partial charge in [-0.25, -0.2) is 4.98 Å². The first-order chi connectivity index (χ1) is 15.7. The first kappa shape index (κ1) is 20.5. The molecule has 1 aliphatic heterocycles. The Morgan fingerprint density at radius 3 is 2.06 bits per heavy atom. The molecule has 0 saturated carbocycles. The molecule has 0 bridgehead atoms. The van der Waals surface area contributed by atoms with E-state index in [1.165, 1.54) is 11.1 Å². The number of para-hydroxylation sites is 2. The van der Waals surface area contributed by atoms with E-state index < -0.39 is 0 Å². The number of imidazole rings is 1. The van der Waals surface area contributed by atoms with E-state index in [2.05, 4.69) is 66.1 Å². The van der Waals surface area contributed by atoms with Gasteiger partial charge in [0.2, 0.25) is 5.91 Å². The number of hydrogen-bond donors (Lipinski definition) is 0. The maximum Gasteiger partial charge on any atom is 0.242 e. The maximum absolute atomic E-state index is 13.3. The van der Waals surface area contributed by atoms with Crippen molar-refractivity contribution >= 4 is 16.9 Å². The zero-order valence-electron chi connectivity index (χ0n) is 18.5. The third-order valence-corrected chi connectivity index (χ3v) is 6.64. The zero-order chi connectivity index (χ0) is 21.9. The second-order valence-corrected chi connectivity index (χ2v) is 8.86. The van der Waals surface area contributed by atoms with Crippen LogP contribution in [0.1, 0.15) is 42.6 Å². The smallest absolute Gasteiger partial charge is 0.242 e. The van der Waals surface area contributed by atoms with Gasteiger partial charge in [0, 0.05) is 13.1 Å². The fourth-order valence-electron chi connectivity index (χ4n) is 4.76. The molecule has 0 N–H and O–H groups in total. The van der Waals surface area contributed by atoms with Crippen molar-refractivity contribution in [3.63, 3.8) is 0 Å². The predicted octanol–water partition coefficient (Wildman–Crippen LogP) is 5.48. The molecule has 1 aromatic heterocycles. The lowest BCUT2D eigenvalue weighted by Gasteiger charge is -2.31. The molecule has 1 saturated heterocycles. The third kappa shape index (κ3) is 4.05. The van der Waals surface area contributed by atoms with Crippen molar-refractivity contribution in [3.05, 3.63) is 102 Å². The number of carbonyl (C=O) groups is 1. The van der Waals surface area contributed by atoms with Crippen molar-refractivity contribution < 1.29 is 4.79 Å². The summed E-state index contributed by atoms with van der Waals surface area (Å²) in [4.78, 5) is 20.4. The standard InChI is InChI=1S/C28H29N3O/c1-21-16-18-30(19-17-21)26(32)20-31-25-15-9-8-14-24(25)29-28(31)27(22-10-4-2-5-11-22)23-12-6-3-7-13-23/h2-15,21,27H,16-20H2,1H3. The van der Waals surface area contributed by atoms with Crippen LogP contribution in [0.25, 0.3) is 11.0 Å². The average molecular weight is 424 g/mol. The molecule has 32 heavy (non-hydrogen) atoms. The van der Waals surface area contributed by atoms with Crippen LogP contribution in [-0.2, 0) is 11.3 Å². The zero-order valence-corrected chi connectivity index (χ0v) is 18.5. The number of hydrogen-bond acceptors (Lipinski definition) is 2. The van der Waals surface area contributed by atoms with Crippen molar-refractivity contribution in [2.24, 2.45) is 5.92 Å². The summed E-state index contributed by atoms with van der Waals surface area (Å²) >= 11 is 0. The summed E-state index contributed by atoms with van der Waals surface area (Å²) in [6.07, 6.45) is 2.17. The van der Waals surface area contributed by atoms with Gasteiger partial charge >= 0.3 is 0 Å². The number of carbonyl (C=O) groups excluding carboxylic acids is 1. The van der Waals surface area contributed by atoms with E-state index >= 15 is 0 Å². The minimum atomic E-state index is -0.0426. The highest BCUT2D eigenvalue weighted by Crippen LogP contribution is 2.33. The lowest BCUT2D eigenvalue weighted by molar-refractivity contribution is -0.133. The highest BCUT2D eigenvalue weighted by Gasteiger charge is 2.27. The second-order valence-electron chi connectivity index (χ2n) is 8.86. The van der Waals surface area contributed by atoms with Crippen molar-refractivity contribution in [3.8, 4) is 0 Å². The van der Waals surface area contributed by atoms with Gasteiger partial charge in [-0.05, 0) is 42.0 Å². The SMILES string of the molecule is CC1CCN(C(=O)Cn2c(C(c3ccccc3)c3ccccc3)nc3ccccc32)CC1. The van der Waals surface area contributed by atoms with Gasteiger partial charge in [0.15, 0.2) is 0 Å². The molecule has 3 aromatic carbocycles. The molecule has 162 valence electrons. The predicted molar refractivity (Wildman–Crippen MR) is 129 cm³/mol. The number of piperidine rings is 1. The van der Waals surface area contributed by atoms with Gasteiger partial charge in [-0.15, -0.1) is 0 Å². The fraction of sp³-hybridized carbons (Fsp3) is 0.286. The molecule has 4 heteroatoms. The quantitative estimate of drug-likeness (QED) is 0.427. The Kier molecular flexibility index (Phi) is 5.76. The lowest BCUT2D eigenvalue weighted by Crippen LogP contribution is -2.40. The topological polar surface area (TPSA) is 38.1 Å². The minimum Gasteiger partial charge on any atom is -0.341 e. The van der Waals surface area contributed by atoms with Gasteiger partial charge in [0.1, 0.15) is 12.4 Å². The number of benzene rings is 3. The highest BCUT2D eigenvalue weighted by atomic mass is 16.2. The Morgan fingerprint density at radius 1 is 0.875 bits per heavy atom. The van der Waals surface area contributed by atoms with Gasteiger partial charge in [-0.2, -0.15) is 0 Å². The Labute approximate surface area is 189 Å². The summed E-state index contributed by atoms with van der Waals surface area (Å²) in [5.74, 6) is 1.76. The van der Waals surface area contributed by atoms with E-state index in [0.717, 1.165) is 42.8 Å². The largest absolute Gasteiger partial charge is 0.341 e. The van der Waals surface area contributed by atoms with Crippen LogP contribution in [-0.4, -0.2) is 33.4 Å². The van der Waals surface area contributed by atoms with Gasteiger partial charge < -0.3 is 9.47 Å². The van der Waals surface area contributed by atoms with E-state index in [1.54, 1.807) is 0 Å². The van der Waals surface area contributed by atoms with Gasteiger partial charge in [0.05, 0.1) is 17.0 Å². The molecule has 2 heterocycles. The van der Waals surface area contributed by atoms with Crippen LogP contribution >= 0.6 is 0 Å². The molecule has 0 spiro atoms.